The molecule has 3 rings (SSSR count). The molecule has 0 fully saturated rings. The average molecular weight is 344 g/mol. The van der Waals surface area contributed by atoms with Gasteiger partial charge >= 0.3 is 0 Å². The van der Waals surface area contributed by atoms with E-state index in [0.717, 1.165) is 16.9 Å². The van der Waals surface area contributed by atoms with Gasteiger partial charge in [0.2, 0.25) is 5.91 Å². The largest absolute Gasteiger partial charge is 0.496 e. The molecule has 24 heavy (non-hydrogen) atoms. The van der Waals surface area contributed by atoms with Gasteiger partial charge in [0, 0.05) is 17.1 Å². The quantitative estimate of drug-likeness (QED) is 0.799. The molecule has 5 heteroatoms. The van der Waals surface area contributed by atoms with Crippen LogP contribution < -0.4 is 4.74 Å². The number of carbonyl (C=O) groups excluding carboxylic acids is 2. The molecule has 2 amide bonds. The molecule has 1 aliphatic rings. The summed E-state index contributed by atoms with van der Waals surface area (Å²) in [6, 6.07) is 11.0. The van der Waals surface area contributed by atoms with Crippen LogP contribution in [0.4, 0.5) is 0 Å². The Kier molecular flexibility index (Phi) is 4.58. The number of fused-ring (bicyclic) bond motifs is 1. The van der Waals surface area contributed by atoms with Crippen molar-refractivity contribution in [2.24, 2.45) is 0 Å². The van der Waals surface area contributed by atoms with Crippen molar-refractivity contribution in [3.05, 3.63) is 63.7 Å². The summed E-state index contributed by atoms with van der Waals surface area (Å²) in [5, 5.41) is 0.537. The minimum atomic E-state index is -0.253. The molecule has 0 radical (unpaired) electrons. The molecule has 0 saturated heterocycles. The molecule has 0 aliphatic carbocycles. The minimum Gasteiger partial charge on any atom is -0.496 e. The number of benzene rings is 2. The van der Waals surface area contributed by atoms with E-state index in [1.807, 2.05) is 25.1 Å². The maximum Gasteiger partial charge on any atom is 0.260 e. The Morgan fingerprint density at radius 2 is 1.96 bits per heavy atom. The number of aryl methyl sites for hydroxylation is 1. The predicted octanol–water partition coefficient (Wildman–Crippen LogP) is 3.42. The number of methoxy groups -OCH3 is 1. The van der Waals surface area contributed by atoms with Crippen LogP contribution in [0, 0.1) is 6.92 Å². The topological polar surface area (TPSA) is 46.6 Å². The van der Waals surface area contributed by atoms with E-state index in [0.29, 0.717) is 29.1 Å². The van der Waals surface area contributed by atoms with Crippen LogP contribution in [0.1, 0.15) is 27.0 Å². The number of hydrogen-bond donors (Lipinski definition) is 0. The van der Waals surface area contributed by atoms with E-state index in [9.17, 15) is 9.59 Å². The van der Waals surface area contributed by atoms with Crippen molar-refractivity contribution in [2.75, 3.05) is 13.7 Å². The molecule has 0 bridgehead atoms. The summed E-state index contributed by atoms with van der Waals surface area (Å²) >= 11 is 5.94. The lowest BCUT2D eigenvalue weighted by molar-refractivity contribution is -0.128. The maximum absolute atomic E-state index is 12.6. The van der Waals surface area contributed by atoms with Crippen molar-refractivity contribution < 1.29 is 14.3 Å². The van der Waals surface area contributed by atoms with Gasteiger partial charge in [-0.2, -0.15) is 0 Å². The van der Waals surface area contributed by atoms with Crippen LogP contribution in [-0.2, 0) is 17.6 Å². The van der Waals surface area contributed by atoms with Gasteiger partial charge in [-0.1, -0.05) is 23.7 Å². The van der Waals surface area contributed by atoms with E-state index in [1.165, 1.54) is 4.90 Å². The number of nitrogens with zero attached hydrogens (tertiary/aromatic N) is 1. The normalized spacial score (nSPS) is 13.9. The van der Waals surface area contributed by atoms with Crippen molar-refractivity contribution in [3.8, 4) is 5.75 Å². The monoisotopic (exact) mass is 343 g/mol. The highest BCUT2D eigenvalue weighted by molar-refractivity contribution is 6.31. The van der Waals surface area contributed by atoms with Crippen LogP contribution >= 0.6 is 11.6 Å². The summed E-state index contributed by atoms with van der Waals surface area (Å²) in [5.41, 5.74) is 3.34. The third-order valence-corrected chi connectivity index (χ3v) is 4.52. The lowest BCUT2D eigenvalue weighted by atomic mass is 9.98. The second-order valence-corrected chi connectivity index (χ2v) is 6.32. The Hall–Kier alpha value is -2.33. The molecule has 124 valence electrons. The number of ether oxygens (including phenoxy) is 1. The predicted molar refractivity (Wildman–Crippen MR) is 92.6 cm³/mol. The first-order valence-corrected chi connectivity index (χ1v) is 8.14. The number of hydrogen-bond acceptors (Lipinski definition) is 3. The summed E-state index contributed by atoms with van der Waals surface area (Å²) in [6.07, 6.45) is 0.801. The lowest BCUT2D eigenvalue weighted by Gasteiger charge is -2.27. The molecule has 0 atom stereocenters. The van der Waals surface area contributed by atoms with E-state index in [4.69, 9.17) is 16.3 Å². The highest BCUT2D eigenvalue weighted by Crippen LogP contribution is 2.24. The van der Waals surface area contributed by atoms with Crippen LogP contribution in [0.25, 0.3) is 0 Å². The Labute approximate surface area is 146 Å². The molecule has 2 aromatic carbocycles. The van der Waals surface area contributed by atoms with Crippen molar-refractivity contribution in [3.63, 3.8) is 0 Å². The first kappa shape index (κ1) is 16.5. The zero-order valence-corrected chi connectivity index (χ0v) is 14.4. The zero-order chi connectivity index (χ0) is 17.3. The van der Waals surface area contributed by atoms with Crippen molar-refractivity contribution in [1.29, 1.82) is 0 Å². The fraction of sp³-hybridized carbons (Fsp3) is 0.263. The van der Waals surface area contributed by atoms with E-state index < -0.39 is 0 Å². The van der Waals surface area contributed by atoms with Crippen LogP contribution in [0.5, 0.6) is 5.75 Å². The summed E-state index contributed by atoms with van der Waals surface area (Å²) in [7, 11) is 1.63. The van der Waals surface area contributed by atoms with Gasteiger partial charge in [0.1, 0.15) is 5.75 Å². The maximum atomic E-state index is 12.6. The Balaban J connectivity index is 1.77. The lowest BCUT2D eigenvalue weighted by Crippen LogP contribution is -2.43. The van der Waals surface area contributed by atoms with Crippen LogP contribution in [-0.4, -0.2) is 30.4 Å². The molecule has 1 heterocycles. The molecule has 0 spiro atoms. The third kappa shape index (κ3) is 3.15. The Morgan fingerprint density at radius 3 is 2.71 bits per heavy atom. The SMILES string of the molecule is COc1cc(CCN2C(=O)Cc3cc(Cl)ccc3C2=O)ccc1C. The number of carbonyl (C=O) groups is 2. The number of amides is 2. The highest BCUT2D eigenvalue weighted by Gasteiger charge is 2.30. The van der Waals surface area contributed by atoms with Gasteiger partial charge in [0.05, 0.1) is 13.5 Å². The molecule has 0 N–H and O–H groups in total. The summed E-state index contributed by atoms with van der Waals surface area (Å²) < 4.78 is 5.32. The second kappa shape index (κ2) is 6.65. The van der Waals surface area contributed by atoms with Gasteiger partial charge in [-0.3, -0.25) is 14.5 Å². The van der Waals surface area contributed by atoms with Crippen LogP contribution in [0.15, 0.2) is 36.4 Å². The number of halogens is 1. The van der Waals surface area contributed by atoms with Crippen molar-refractivity contribution in [1.82, 2.24) is 4.90 Å². The van der Waals surface area contributed by atoms with Crippen LogP contribution in [0.2, 0.25) is 5.02 Å². The molecular weight excluding hydrogens is 326 g/mol. The number of imide groups is 1. The van der Waals surface area contributed by atoms with E-state index >= 15 is 0 Å². The van der Waals surface area contributed by atoms with E-state index in [2.05, 4.69) is 0 Å². The second-order valence-electron chi connectivity index (χ2n) is 5.88. The summed E-state index contributed by atoms with van der Waals surface area (Å²) in [5.74, 6) is 0.370. The molecule has 0 unspecified atom stereocenters. The van der Waals surface area contributed by atoms with E-state index in [-0.39, 0.29) is 18.2 Å². The van der Waals surface area contributed by atoms with Crippen LogP contribution in [0.3, 0.4) is 0 Å². The van der Waals surface area contributed by atoms with Gasteiger partial charge in [0.25, 0.3) is 5.91 Å². The molecule has 0 saturated carbocycles. The summed E-state index contributed by atoms with van der Waals surface area (Å²) in [6.45, 7) is 2.33. The Morgan fingerprint density at radius 1 is 1.17 bits per heavy atom. The molecule has 2 aromatic rings. The molecule has 1 aliphatic heterocycles. The van der Waals surface area contributed by atoms with Gasteiger partial charge in [0.15, 0.2) is 0 Å². The van der Waals surface area contributed by atoms with Gasteiger partial charge < -0.3 is 4.74 Å². The van der Waals surface area contributed by atoms with Gasteiger partial charge in [-0.25, -0.2) is 0 Å². The molecule has 4 nitrogen and oxygen atoms in total. The fourth-order valence-corrected chi connectivity index (χ4v) is 3.12. The smallest absolute Gasteiger partial charge is 0.260 e. The zero-order valence-electron chi connectivity index (χ0n) is 13.6. The standard InChI is InChI=1S/C19H18ClNO3/c1-12-3-4-13(9-17(12)24-2)7-8-21-18(22)11-14-10-15(20)5-6-16(14)19(21)23/h3-6,9-10H,7-8,11H2,1-2H3. The minimum absolute atomic E-state index is 0.186. The third-order valence-electron chi connectivity index (χ3n) is 4.28. The van der Waals surface area contributed by atoms with Crippen molar-refractivity contribution in [2.45, 2.75) is 19.8 Å². The fourth-order valence-electron chi connectivity index (χ4n) is 2.92. The Bertz CT molecular complexity index is 816. The summed E-state index contributed by atoms with van der Waals surface area (Å²) in [4.78, 5) is 26.2. The van der Waals surface area contributed by atoms with Crippen molar-refractivity contribution >= 4 is 23.4 Å². The first-order chi connectivity index (χ1) is 11.5. The van der Waals surface area contributed by atoms with Gasteiger partial charge in [-0.05, 0) is 54.3 Å². The van der Waals surface area contributed by atoms with E-state index in [1.54, 1.807) is 25.3 Å². The average Bonchev–Trinajstić information content (AvgIpc) is 2.55. The number of rotatable bonds is 4. The highest BCUT2D eigenvalue weighted by atomic mass is 35.5. The van der Waals surface area contributed by atoms with Gasteiger partial charge in [-0.15, -0.1) is 0 Å². The molecular formula is C19H18ClNO3. The first-order valence-electron chi connectivity index (χ1n) is 7.76. The molecule has 0 aromatic heterocycles.